The molecule has 142 valence electrons. The lowest BCUT2D eigenvalue weighted by molar-refractivity contribution is 0.397. The molecule has 0 fully saturated rings. The fourth-order valence-electron chi connectivity index (χ4n) is 3.92. The van der Waals surface area contributed by atoms with Gasteiger partial charge in [-0.25, -0.2) is 12.4 Å². The quantitative estimate of drug-likeness (QED) is 0.721. The van der Waals surface area contributed by atoms with E-state index in [2.05, 4.69) is 5.32 Å². The molecular formula is C20H21ClN2O3S. The summed E-state index contributed by atoms with van der Waals surface area (Å²) in [4.78, 5) is 0.324. The number of benzene rings is 2. The molecule has 0 saturated carbocycles. The van der Waals surface area contributed by atoms with E-state index in [4.69, 9.17) is 16.3 Å². The average molecular weight is 405 g/mol. The maximum absolute atomic E-state index is 13.5. The predicted octanol–water partition coefficient (Wildman–Crippen LogP) is 3.62. The summed E-state index contributed by atoms with van der Waals surface area (Å²) in [6, 6.07) is 10.9. The monoisotopic (exact) mass is 404 g/mol. The van der Waals surface area contributed by atoms with Crippen molar-refractivity contribution in [2.24, 2.45) is 0 Å². The molecule has 5 nitrogen and oxygen atoms in total. The molecule has 7 heteroatoms. The molecule has 1 aromatic heterocycles. The van der Waals surface area contributed by atoms with Crippen molar-refractivity contribution < 1.29 is 13.2 Å². The number of halogens is 1. The van der Waals surface area contributed by atoms with Gasteiger partial charge in [0, 0.05) is 23.2 Å². The topological polar surface area (TPSA) is 60.3 Å². The van der Waals surface area contributed by atoms with Crippen LogP contribution >= 0.6 is 11.6 Å². The molecule has 27 heavy (non-hydrogen) atoms. The Morgan fingerprint density at radius 2 is 2.00 bits per heavy atom. The number of nitrogens with zero attached hydrogens (tertiary/aromatic N) is 1. The minimum Gasteiger partial charge on any atom is -0.496 e. The van der Waals surface area contributed by atoms with Crippen LogP contribution in [0.15, 0.2) is 47.5 Å². The first-order chi connectivity index (χ1) is 13.0. The van der Waals surface area contributed by atoms with Gasteiger partial charge in [-0.2, -0.15) is 0 Å². The number of nitrogens with one attached hydrogen (secondary N) is 1. The van der Waals surface area contributed by atoms with E-state index in [-0.39, 0.29) is 0 Å². The summed E-state index contributed by atoms with van der Waals surface area (Å²) in [7, 11) is -0.235. The molecule has 1 atom stereocenters. The minimum atomic E-state index is -3.78. The van der Waals surface area contributed by atoms with Gasteiger partial charge in [-0.1, -0.05) is 23.7 Å². The van der Waals surface area contributed by atoms with Gasteiger partial charge in [0.05, 0.1) is 22.5 Å². The molecule has 0 saturated heterocycles. The van der Waals surface area contributed by atoms with Crippen molar-refractivity contribution in [3.05, 3.63) is 58.7 Å². The van der Waals surface area contributed by atoms with E-state index in [0.717, 1.165) is 35.1 Å². The van der Waals surface area contributed by atoms with Gasteiger partial charge < -0.3 is 10.1 Å². The first-order valence-corrected chi connectivity index (χ1v) is 10.7. The second-order valence-corrected chi connectivity index (χ2v) is 8.94. The van der Waals surface area contributed by atoms with Crippen LogP contribution < -0.4 is 10.1 Å². The molecule has 0 radical (unpaired) electrons. The lowest BCUT2D eigenvalue weighted by Gasteiger charge is -2.27. The molecule has 1 aliphatic rings. The van der Waals surface area contributed by atoms with Crippen LogP contribution in [0.2, 0.25) is 5.02 Å². The summed E-state index contributed by atoms with van der Waals surface area (Å²) in [5.74, 6) is 0.735. The highest BCUT2D eigenvalue weighted by Crippen LogP contribution is 2.36. The van der Waals surface area contributed by atoms with E-state index >= 15 is 0 Å². The van der Waals surface area contributed by atoms with Crippen molar-refractivity contribution in [2.45, 2.75) is 30.2 Å². The number of hydrogen-bond acceptors (Lipinski definition) is 4. The molecule has 0 bridgehead atoms. The van der Waals surface area contributed by atoms with E-state index in [1.165, 1.54) is 3.97 Å². The molecule has 0 spiro atoms. The first kappa shape index (κ1) is 18.3. The zero-order valence-electron chi connectivity index (χ0n) is 15.2. The molecule has 0 aliphatic heterocycles. The maximum Gasteiger partial charge on any atom is 0.268 e. The van der Waals surface area contributed by atoms with Crippen molar-refractivity contribution in [2.75, 3.05) is 14.2 Å². The number of hydrogen-bond donors (Lipinski definition) is 1. The van der Waals surface area contributed by atoms with E-state index in [0.29, 0.717) is 27.9 Å². The molecule has 2 aromatic carbocycles. The van der Waals surface area contributed by atoms with Crippen molar-refractivity contribution in [3.8, 4) is 5.75 Å². The maximum atomic E-state index is 13.5. The number of aromatic nitrogens is 1. The van der Waals surface area contributed by atoms with Gasteiger partial charge in [-0.3, -0.25) is 0 Å². The molecule has 1 N–H and O–H groups in total. The standard InChI is InChI=1S/C20H21ClN2O3S/c1-22-14-6-7-15-16(12-14)18(26-2)8-9-19(15)27(24,25)23-11-10-13-4-3-5-17(21)20(13)23/h3-5,8-11,14,22H,6-7,12H2,1-2H3/t14-/m0/s1. The van der Waals surface area contributed by atoms with Gasteiger partial charge >= 0.3 is 0 Å². The Morgan fingerprint density at radius 3 is 2.74 bits per heavy atom. The third-order valence-corrected chi connectivity index (χ3v) is 7.40. The third kappa shape index (κ3) is 2.92. The zero-order valence-corrected chi connectivity index (χ0v) is 16.8. The molecule has 0 unspecified atom stereocenters. The van der Waals surface area contributed by atoms with Crippen LogP contribution in [0.4, 0.5) is 0 Å². The lowest BCUT2D eigenvalue weighted by Crippen LogP contribution is -2.32. The second-order valence-electron chi connectivity index (χ2n) is 6.75. The molecule has 0 amide bonds. The van der Waals surface area contributed by atoms with Gasteiger partial charge in [-0.05, 0) is 56.1 Å². The highest BCUT2D eigenvalue weighted by molar-refractivity contribution is 7.90. The number of rotatable bonds is 4. The SMILES string of the molecule is CN[C@H]1CCc2c(S(=O)(=O)n3ccc4cccc(Cl)c43)ccc(OC)c2C1. The Bertz CT molecular complexity index is 1120. The Kier molecular flexibility index (Phi) is 4.66. The van der Waals surface area contributed by atoms with Crippen molar-refractivity contribution in [1.82, 2.24) is 9.29 Å². The smallest absolute Gasteiger partial charge is 0.268 e. The van der Waals surface area contributed by atoms with Crippen molar-refractivity contribution in [3.63, 3.8) is 0 Å². The van der Waals surface area contributed by atoms with Crippen LogP contribution in [-0.4, -0.2) is 32.6 Å². The zero-order chi connectivity index (χ0) is 19.2. The fourth-order valence-corrected chi connectivity index (χ4v) is 5.90. The third-order valence-electron chi connectivity index (χ3n) is 5.33. The van der Waals surface area contributed by atoms with E-state index in [9.17, 15) is 8.42 Å². The molecule has 3 aromatic rings. The van der Waals surface area contributed by atoms with Crippen molar-refractivity contribution in [1.29, 1.82) is 0 Å². The summed E-state index contributed by atoms with van der Waals surface area (Å²) in [6.45, 7) is 0. The van der Waals surface area contributed by atoms with Crippen LogP contribution in [0.1, 0.15) is 17.5 Å². The summed E-state index contributed by atoms with van der Waals surface area (Å²) in [6.07, 6.45) is 3.87. The summed E-state index contributed by atoms with van der Waals surface area (Å²) < 4.78 is 33.9. The molecule has 1 aliphatic carbocycles. The molecule has 1 heterocycles. The summed E-state index contributed by atoms with van der Waals surface area (Å²) in [5, 5.41) is 4.50. The van der Waals surface area contributed by atoms with E-state index in [1.807, 2.05) is 19.2 Å². The number of ether oxygens (including phenoxy) is 1. The highest BCUT2D eigenvalue weighted by Gasteiger charge is 2.30. The van der Waals surface area contributed by atoms with E-state index < -0.39 is 10.0 Å². The van der Waals surface area contributed by atoms with Gasteiger partial charge in [0.25, 0.3) is 10.0 Å². The highest BCUT2D eigenvalue weighted by atomic mass is 35.5. The van der Waals surface area contributed by atoms with Crippen LogP contribution in [0.3, 0.4) is 0 Å². The Hall–Kier alpha value is -2.02. The van der Waals surface area contributed by atoms with Gasteiger partial charge in [-0.15, -0.1) is 0 Å². The average Bonchev–Trinajstić information content (AvgIpc) is 3.13. The van der Waals surface area contributed by atoms with Gasteiger partial charge in [0.2, 0.25) is 0 Å². The predicted molar refractivity (Wildman–Crippen MR) is 107 cm³/mol. The van der Waals surface area contributed by atoms with Crippen LogP contribution in [0.5, 0.6) is 5.75 Å². The Labute approximate surface area is 164 Å². The van der Waals surface area contributed by atoms with Crippen LogP contribution in [0.25, 0.3) is 10.9 Å². The first-order valence-electron chi connectivity index (χ1n) is 8.84. The minimum absolute atomic E-state index is 0.311. The number of fused-ring (bicyclic) bond motifs is 2. The normalized spacial score (nSPS) is 17.1. The van der Waals surface area contributed by atoms with Crippen molar-refractivity contribution >= 4 is 32.5 Å². The van der Waals surface area contributed by atoms with Crippen LogP contribution in [0, 0.1) is 0 Å². The van der Waals surface area contributed by atoms with Crippen LogP contribution in [-0.2, 0) is 22.9 Å². The Balaban J connectivity index is 1.93. The second kappa shape index (κ2) is 6.86. The summed E-state index contributed by atoms with van der Waals surface area (Å²) in [5.41, 5.74) is 2.31. The lowest BCUT2D eigenvalue weighted by atomic mass is 9.87. The van der Waals surface area contributed by atoms with Gasteiger partial charge in [0.1, 0.15) is 5.75 Å². The number of para-hydroxylation sites is 1. The molecule has 4 rings (SSSR count). The number of likely N-dealkylation sites (N-methyl/N-ethyl adjacent to an activating group) is 1. The fraction of sp³-hybridized carbons (Fsp3) is 0.300. The largest absolute Gasteiger partial charge is 0.496 e. The van der Waals surface area contributed by atoms with Gasteiger partial charge in [0.15, 0.2) is 0 Å². The van der Waals surface area contributed by atoms with E-state index in [1.54, 1.807) is 37.6 Å². The summed E-state index contributed by atoms with van der Waals surface area (Å²) >= 11 is 6.31. The number of methoxy groups -OCH3 is 1. The molecular weight excluding hydrogens is 384 g/mol. The Morgan fingerprint density at radius 1 is 1.19 bits per heavy atom.